The van der Waals surface area contributed by atoms with Crippen molar-refractivity contribution < 1.29 is 14.3 Å². The molecular weight excluding hydrogens is 376 g/mol. The summed E-state index contributed by atoms with van der Waals surface area (Å²) in [6.45, 7) is 1.86. The molecule has 0 saturated carbocycles. The monoisotopic (exact) mass is 400 g/mol. The zero-order valence-electron chi connectivity index (χ0n) is 16.7. The van der Waals surface area contributed by atoms with E-state index >= 15 is 0 Å². The Balaban J connectivity index is 1.34. The normalized spacial score (nSPS) is 13.3. The van der Waals surface area contributed by atoms with Crippen LogP contribution in [0.3, 0.4) is 0 Å². The van der Waals surface area contributed by atoms with Gasteiger partial charge >= 0.3 is 0 Å². The summed E-state index contributed by atoms with van der Waals surface area (Å²) in [6.07, 6.45) is 1.54. The summed E-state index contributed by atoms with van der Waals surface area (Å²) in [6, 6.07) is 24.7. The number of likely N-dealkylation sites (tertiary alicyclic amines) is 1. The molecule has 0 radical (unpaired) electrons. The van der Waals surface area contributed by atoms with E-state index in [-0.39, 0.29) is 11.8 Å². The Bertz CT molecular complexity index is 1020. The maximum atomic E-state index is 12.6. The third-order valence-corrected chi connectivity index (χ3v) is 5.09. The molecular formula is C25H24N2O3. The van der Waals surface area contributed by atoms with Crippen molar-refractivity contribution in [2.45, 2.75) is 26.0 Å². The van der Waals surface area contributed by atoms with Crippen LogP contribution < -0.4 is 10.1 Å². The molecule has 5 nitrogen and oxygen atoms in total. The van der Waals surface area contributed by atoms with E-state index < -0.39 is 0 Å². The number of ether oxygens (including phenoxy) is 1. The Kier molecular flexibility index (Phi) is 6.09. The van der Waals surface area contributed by atoms with Gasteiger partial charge in [0.15, 0.2) is 0 Å². The van der Waals surface area contributed by atoms with Crippen molar-refractivity contribution in [3.05, 3.63) is 95.6 Å². The Labute approximate surface area is 176 Å². The highest BCUT2D eigenvalue weighted by atomic mass is 16.5. The van der Waals surface area contributed by atoms with Crippen molar-refractivity contribution in [1.29, 1.82) is 0 Å². The Hall–Kier alpha value is -3.60. The minimum Gasteiger partial charge on any atom is -0.489 e. The summed E-state index contributed by atoms with van der Waals surface area (Å²) in [5.74, 6) is 0.728. The number of carbonyl (C=O) groups is 2. The number of amides is 2. The van der Waals surface area contributed by atoms with Crippen molar-refractivity contribution in [2.75, 3.05) is 11.9 Å². The number of hydrogen-bond acceptors (Lipinski definition) is 3. The van der Waals surface area contributed by atoms with Gasteiger partial charge in [-0.3, -0.25) is 9.59 Å². The fourth-order valence-corrected chi connectivity index (χ4v) is 3.49. The van der Waals surface area contributed by atoms with Crippen LogP contribution in [-0.4, -0.2) is 23.3 Å². The van der Waals surface area contributed by atoms with Crippen molar-refractivity contribution in [3.8, 4) is 5.75 Å². The molecule has 0 atom stereocenters. The van der Waals surface area contributed by atoms with Gasteiger partial charge in [-0.15, -0.1) is 0 Å². The molecule has 1 aliphatic heterocycles. The molecule has 0 aromatic heterocycles. The van der Waals surface area contributed by atoms with E-state index in [0.717, 1.165) is 24.1 Å². The van der Waals surface area contributed by atoms with Gasteiger partial charge in [0.2, 0.25) is 5.91 Å². The summed E-state index contributed by atoms with van der Waals surface area (Å²) in [7, 11) is 0. The molecule has 1 heterocycles. The lowest BCUT2D eigenvalue weighted by atomic mass is 10.1. The summed E-state index contributed by atoms with van der Waals surface area (Å²) in [4.78, 5) is 26.3. The molecule has 1 N–H and O–H groups in total. The van der Waals surface area contributed by atoms with Crippen LogP contribution in [0.1, 0.15) is 34.3 Å². The van der Waals surface area contributed by atoms with Gasteiger partial charge in [-0.1, -0.05) is 42.5 Å². The van der Waals surface area contributed by atoms with Gasteiger partial charge in [0.1, 0.15) is 12.4 Å². The van der Waals surface area contributed by atoms with Crippen LogP contribution in [0.15, 0.2) is 78.9 Å². The number of anilines is 1. The van der Waals surface area contributed by atoms with Crippen LogP contribution in [-0.2, 0) is 17.9 Å². The van der Waals surface area contributed by atoms with Crippen LogP contribution in [0.25, 0.3) is 0 Å². The molecule has 1 saturated heterocycles. The quantitative estimate of drug-likeness (QED) is 0.629. The maximum Gasteiger partial charge on any atom is 0.255 e. The zero-order valence-corrected chi connectivity index (χ0v) is 16.7. The van der Waals surface area contributed by atoms with Gasteiger partial charge in [-0.05, 0) is 53.9 Å². The molecule has 3 aromatic rings. The van der Waals surface area contributed by atoms with Crippen molar-refractivity contribution in [1.82, 2.24) is 4.90 Å². The van der Waals surface area contributed by atoms with E-state index in [1.165, 1.54) is 0 Å². The highest BCUT2D eigenvalue weighted by Crippen LogP contribution is 2.19. The van der Waals surface area contributed by atoms with Crippen LogP contribution >= 0.6 is 0 Å². The van der Waals surface area contributed by atoms with Crippen LogP contribution in [0.4, 0.5) is 5.69 Å². The first kappa shape index (κ1) is 19.7. The summed E-state index contributed by atoms with van der Waals surface area (Å²) in [5.41, 5.74) is 3.37. The van der Waals surface area contributed by atoms with Crippen molar-refractivity contribution >= 4 is 17.5 Å². The minimum absolute atomic E-state index is 0.181. The standard InChI is InChI=1S/C25H24N2O3/c28-24-10-5-15-27(24)17-20-8-4-9-22(16-20)26-25(29)21-11-13-23(14-12-21)30-18-19-6-2-1-3-7-19/h1-4,6-9,11-14,16H,5,10,15,17-18H2,(H,26,29). The molecule has 0 unspecified atom stereocenters. The van der Waals surface area contributed by atoms with Crippen LogP contribution in [0.5, 0.6) is 5.75 Å². The Morgan fingerprint density at radius 1 is 0.933 bits per heavy atom. The molecule has 1 fully saturated rings. The first-order chi connectivity index (χ1) is 14.7. The van der Waals surface area contributed by atoms with E-state index in [9.17, 15) is 9.59 Å². The third kappa shape index (κ3) is 5.06. The average Bonchev–Trinajstić information content (AvgIpc) is 3.18. The summed E-state index contributed by atoms with van der Waals surface area (Å²) < 4.78 is 5.77. The fraction of sp³-hybridized carbons (Fsp3) is 0.200. The molecule has 5 heteroatoms. The highest BCUT2D eigenvalue weighted by molar-refractivity contribution is 6.04. The number of carbonyl (C=O) groups excluding carboxylic acids is 2. The van der Waals surface area contributed by atoms with Gasteiger partial charge in [-0.2, -0.15) is 0 Å². The number of hydrogen-bond donors (Lipinski definition) is 1. The lowest BCUT2D eigenvalue weighted by Gasteiger charge is -2.16. The second kappa shape index (κ2) is 9.27. The Morgan fingerprint density at radius 2 is 1.70 bits per heavy atom. The molecule has 30 heavy (non-hydrogen) atoms. The summed E-state index contributed by atoms with van der Waals surface area (Å²) in [5, 5.41) is 2.93. The average molecular weight is 400 g/mol. The second-order valence-corrected chi connectivity index (χ2v) is 7.37. The van der Waals surface area contributed by atoms with Crippen LogP contribution in [0, 0.1) is 0 Å². The minimum atomic E-state index is -0.181. The smallest absolute Gasteiger partial charge is 0.255 e. The molecule has 4 rings (SSSR count). The molecule has 0 bridgehead atoms. The summed E-state index contributed by atoms with van der Waals surface area (Å²) >= 11 is 0. The lowest BCUT2D eigenvalue weighted by molar-refractivity contribution is -0.128. The Morgan fingerprint density at radius 3 is 2.43 bits per heavy atom. The zero-order chi connectivity index (χ0) is 20.8. The third-order valence-electron chi connectivity index (χ3n) is 5.09. The second-order valence-electron chi connectivity index (χ2n) is 7.37. The number of rotatable bonds is 7. The van der Waals surface area contributed by atoms with Crippen molar-refractivity contribution in [2.24, 2.45) is 0 Å². The van der Waals surface area contributed by atoms with E-state index in [0.29, 0.717) is 36.6 Å². The van der Waals surface area contributed by atoms with E-state index in [4.69, 9.17) is 4.74 Å². The molecule has 152 valence electrons. The highest BCUT2D eigenvalue weighted by Gasteiger charge is 2.20. The van der Waals surface area contributed by atoms with Gasteiger partial charge in [0, 0.05) is 30.8 Å². The van der Waals surface area contributed by atoms with Gasteiger partial charge in [-0.25, -0.2) is 0 Å². The van der Waals surface area contributed by atoms with Crippen LogP contribution in [0.2, 0.25) is 0 Å². The lowest BCUT2D eigenvalue weighted by Crippen LogP contribution is -2.23. The fourth-order valence-electron chi connectivity index (χ4n) is 3.49. The molecule has 3 aromatic carbocycles. The van der Waals surface area contributed by atoms with Gasteiger partial charge in [0.05, 0.1) is 0 Å². The van der Waals surface area contributed by atoms with Gasteiger partial charge in [0.25, 0.3) is 5.91 Å². The molecule has 2 amide bonds. The topological polar surface area (TPSA) is 58.6 Å². The first-order valence-electron chi connectivity index (χ1n) is 10.1. The van der Waals surface area contributed by atoms with E-state index in [1.54, 1.807) is 24.3 Å². The van der Waals surface area contributed by atoms with Gasteiger partial charge < -0.3 is 15.0 Å². The first-order valence-corrected chi connectivity index (χ1v) is 10.1. The predicted molar refractivity (Wildman–Crippen MR) is 116 cm³/mol. The maximum absolute atomic E-state index is 12.6. The molecule has 1 aliphatic rings. The van der Waals surface area contributed by atoms with E-state index in [2.05, 4.69) is 5.32 Å². The predicted octanol–water partition coefficient (Wildman–Crippen LogP) is 4.64. The largest absolute Gasteiger partial charge is 0.489 e. The molecule has 0 aliphatic carbocycles. The van der Waals surface area contributed by atoms with E-state index in [1.807, 2.05) is 59.5 Å². The number of benzene rings is 3. The number of nitrogens with zero attached hydrogens (tertiary/aromatic N) is 1. The molecule has 0 spiro atoms. The van der Waals surface area contributed by atoms with Crippen molar-refractivity contribution in [3.63, 3.8) is 0 Å². The number of nitrogens with one attached hydrogen (secondary N) is 1. The SMILES string of the molecule is O=C(Nc1cccc(CN2CCCC2=O)c1)c1ccc(OCc2ccccc2)cc1.